The van der Waals surface area contributed by atoms with Gasteiger partial charge in [0.1, 0.15) is 0 Å². The van der Waals surface area contributed by atoms with Crippen molar-refractivity contribution >= 4 is 17.7 Å². The number of furan rings is 1. The second-order valence-electron chi connectivity index (χ2n) is 5.00. The normalized spacial score (nSPS) is 11.5. The third kappa shape index (κ3) is 3.44. The Morgan fingerprint density at radius 1 is 1.08 bits per heavy atom. The Morgan fingerprint density at radius 2 is 1.75 bits per heavy atom. The first kappa shape index (κ1) is 17.2. The second kappa shape index (κ2) is 7.42. The van der Waals surface area contributed by atoms with Crippen LogP contribution >= 0.6 is 0 Å². The molecule has 0 aliphatic heterocycles. The molecule has 1 aromatic heterocycles. The molecule has 1 heterocycles. The van der Waals surface area contributed by atoms with Crippen LogP contribution in [0.1, 0.15) is 10.4 Å². The minimum atomic E-state index is -1.49. The van der Waals surface area contributed by atoms with Crippen molar-refractivity contribution in [2.45, 2.75) is 6.04 Å². The van der Waals surface area contributed by atoms with Crippen molar-refractivity contribution in [3.8, 4) is 11.1 Å². The Balaban J connectivity index is 2.22. The van der Waals surface area contributed by atoms with Gasteiger partial charge in [-0.3, -0.25) is 19.6 Å². The first-order valence-corrected chi connectivity index (χ1v) is 7.05. The van der Waals surface area contributed by atoms with E-state index in [-0.39, 0.29) is 0 Å². The molecule has 0 bridgehead atoms. The summed E-state index contributed by atoms with van der Waals surface area (Å²) >= 11 is 0. The van der Waals surface area contributed by atoms with E-state index in [2.05, 4.69) is 5.32 Å². The highest BCUT2D eigenvalue weighted by Crippen LogP contribution is 2.20. The van der Waals surface area contributed by atoms with Crippen molar-refractivity contribution in [2.24, 2.45) is 0 Å². The average Bonchev–Trinajstić information content (AvgIpc) is 3.15. The van der Waals surface area contributed by atoms with E-state index < -0.39 is 23.8 Å². The topological polar surface area (TPSA) is 112 Å². The van der Waals surface area contributed by atoms with Crippen LogP contribution in [-0.2, 0) is 9.59 Å². The van der Waals surface area contributed by atoms with Crippen LogP contribution in [0.25, 0.3) is 11.1 Å². The number of carbonyl (C=O) groups is 3. The third-order valence-corrected chi connectivity index (χ3v) is 3.55. The molecular formula is C16H17N3O5. The lowest BCUT2D eigenvalue weighted by Crippen LogP contribution is -2.54. The minimum absolute atomic E-state index is 0.296. The first-order valence-electron chi connectivity index (χ1n) is 7.05. The zero-order valence-corrected chi connectivity index (χ0v) is 13.1. The van der Waals surface area contributed by atoms with Gasteiger partial charge in [-0.25, -0.2) is 5.48 Å². The SMILES string of the molecule is CNC(=O)C(C(=O)NO)N(C)C(=O)c1ccc(-c2ccoc2)cc1. The van der Waals surface area contributed by atoms with E-state index in [1.165, 1.54) is 19.6 Å². The molecule has 126 valence electrons. The predicted octanol–water partition coefficient (Wildman–Crippen LogP) is 0.639. The third-order valence-electron chi connectivity index (χ3n) is 3.55. The standard InChI is InChI=1S/C16H17N3O5/c1-17-14(20)13(15(21)18-23)19(2)16(22)11-5-3-10(4-6-11)12-7-8-24-9-12/h3-9,13,23H,1-2H3,(H,17,20)(H,18,21). The molecule has 1 unspecified atom stereocenters. The Morgan fingerprint density at radius 3 is 2.25 bits per heavy atom. The largest absolute Gasteiger partial charge is 0.472 e. The number of nitrogens with zero attached hydrogens (tertiary/aromatic N) is 1. The molecule has 0 saturated heterocycles. The van der Waals surface area contributed by atoms with E-state index in [4.69, 9.17) is 9.62 Å². The van der Waals surface area contributed by atoms with Gasteiger partial charge in [0.25, 0.3) is 17.7 Å². The number of likely N-dealkylation sites (N-methyl/N-ethyl adjacent to an activating group) is 2. The molecule has 3 N–H and O–H groups in total. The van der Waals surface area contributed by atoms with Gasteiger partial charge < -0.3 is 14.6 Å². The molecule has 0 aliphatic carbocycles. The van der Waals surface area contributed by atoms with Gasteiger partial charge in [-0.1, -0.05) is 12.1 Å². The molecule has 0 saturated carbocycles. The van der Waals surface area contributed by atoms with Crippen LogP contribution in [0.15, 0.2) is 47.3 Å². The quantitative estimate of drug-likeness (QED) is 0.423. The van der Waals surface area contributed by atoms with Crippen molar-refractivity contribution in [1.29, 1.82) is 0 Å². The number of rotatable bonds is 5. The smallest absolute Gasteiger partial charge is 0.275 e. The molecule has 24 heavy (non-hydrogen) atoms. The van der Waals surface area contributed by atoms with Crippen LogP contribution in [0.4, 0.5) is 0 Å². The summed E-state index contributed by atoms with van der Waals surface area (Å²) in [5, 5.41) is 11.0. The number of amides is 3. The zero-order valence-electron chi connectivity index (χ0n) is 13.1. The Kier molecular flexibility index (Phi) is 5.33. The van der Waals surface area contributed by atoms with Crippen LogP contribution < -0.4 is 10.8 Å². The van der Waals surface area contributed by atoms with E-state index in [1.54, 1.807) is 42.9 Å². The maximum atomic E-state index is 12.5. The highest BCUT2D eigenvalue weighted by molar-refractivity contribution is 6.08. The summed E-state index contributed by atoms with van der Waals surface area (Å²) in [7, 11) is 2.64. The number of nitrogens with one attached hydrogen (secondary N) is 2. The Bertz CT molecular complexity index is 709. The van der Waals surface area contributed by atoms with Crippen LogP contribution in [0, 0.1) is 0 Å². The second-order valence-corrected chi connectivity index (χ2v) is 5.00. The van der Waals surface area contributed by atoms with Gasteiger partial charge in [-0.15, -0.1) is 0 Å². The van der Waals surface area contributed by atoms with Crippen molar-refractivity contribution in [1.82, 2.24) is 15.7 Å². The van der Waals surface area contributed by atoms with E-state index >= 15 is 0 Å². The first-order chi connectivity index (χ1) is 11.5. The molecule has 0 radical (unpaired) electrons. The molecule has 1 aromatic carbocycles. The summed E-state index contributed by atoms with van der Waals surface area (Å²) in [4.78, 5) is 36.9. The molecule has 2 rings (SSSR count). The van der Waals surface area contributed by atoms with Gasteiger partial charge in [-0.2, -0.15) is 0 Å². The summed E-state index contributed by atoms with van der Waals surface area (Å²) in [5.41, 5.74) is 3.41. The fourth-order valence-corrected chi connectivity index (χ4v) is 2.22. The molecule has 2 aromatic rings. The summed E-state index contributed by atoms with van der Waals surface area (Å²) in [6.07, 6.45) is 3.12. The molecule has 8 nitrogen and oxygen atoms in total. The maximum Gasteiger partial charge on any atom is 0.275 e. The fraction of sp³-hybridized carbons (Fsp3) is 0.188. The maximum absolute atomic E-state index is 12.5. The van der Waals surface area contributed by atoms with Crippen molar-refractivity contribution in [2.75, 3.05) is 14.1 Å². The molecule has 8 heteroatoms. The fourth-order valence-electron chi connectivity index (χ4n) is 2.22. The van der Waals surface area contributed by atoms with Crippen LogP contribution in [-0.4, -0.2) is 48.0 Å². The molecule has 0 aliphatic rings. The minimum Gasteiger partial charge on any atom is -0.472 e. The van der Waals surface area contributed by atoms with Crippen molar-refractivity contribution in [3.05, 3.63) is 48.4 Å². The zero-order chi connectivity index (χ0) is 17.7. The highest BCUT2D eigenvalue weighted by Gasteiger charge is 2.33. The van der Waals surface area contributed by atoms with Gasteiger partial charge in [0.2, 0.25) is 0 Å². The van der Waals surface area contributed by atoms with Crippen molar-refractivity contribution < 1.29 is 24.0 Å². The Hall–Kier alpha value is -3.13. The molecule has 0 spiro atoms. The predicted molar refractivity (Wildman–Crippen MR) is 84.0 cm³/mol. The van der Waals surface area contributed by atoms with Gasteiger partial charge in [0.05, 0.1) is 12.5 Å². The summed E-state index contributed by atoms with van der Waals surface area (Å²) in [6, 6.07) is 6.93. The number of benzene rings is 1. The highest BCUT2D eigenvalue weighted by atomic mass is 16.5. The average molecular weight is 331 g/mol. The van der Waals surface area contributed by atoms with Gasteiger partial charge >= 0.3 is 0 Å². The Labute approximate surface area is 138 Å². The number of hydrogen-bond donors (Lipinski definition) is 3. The summed E-state index contributed by atoms with van der Waals surface area (Å²) < 4.78 is 5.01. The van der Waals surface area contributed by atoms with Gasteiger partial charge in [-0.05, 0) is 23.8 Å². The lowest BCUT2D eigenvalue weighted by Gasteiger charge is -2.25. The van der Waals surface area contributed by atoms with E-state index in [9.17, 15) is 14.4 Å². The summed E-state index contributed by atoms with van der Waals surface area (Å²) in [5.74, 6) is -2.25. The molecular weight excluding hydrogens is 314 g/mol. The summed E-state index contributed by atoms with van der Waals surface area (Å²) in [6.45, 7) is 0. The van der Waals surface area contributed by atoms with Gasteiger partial charge in [0.15, 0.2) is 6.04 Å². The number of carbonyl (C=O) groups excluding carboxylic acids is 3. The van der Waals surface area contributed by atoms with Crippen molar-refractivity contribution in [3.63, 3.8) is 0 Å². The van der Waals surface area contributed by atoms with Crippen LogP contribution in [0.2, 0.25) is 0 Å². The number of hydroxylamine groups is 1. The van der Waals surface area contributed by atoms with E-state index in [0.717, 1.165) is 16.0 Å². The van der Waals surface area contributed by atoms with E-state index in [1.807, 2.05) is 0 Å². The number of hydrogen-bond acceptors (Lipinski definition) is 5. The molecule has 3 amide bonds. The lowest BCUT2D eigenvalue weighted by atomic mass is 10.1. The van der Waals surface area contributed by atoms with E-state index in [0.29, 0.717) is 5.56 Å². The lowest BCUT2D eigenvalue weighted by molar-refractivity contribution is -0.140. The monoisotopic (exact) mass is 331 g/mol. The molecule has 1 atom stereocenters. The van der Waals surface area contributed by atoms with Crippen LogP contribution in [0.3, 0.4) is 0 Å². The van der Waals surface area contributed by atoms with Crippen LogP contribution in [0.5, 0.6) is 0 Å². The molecule has 0 fully saturated rings. The van der Waals surface area contributed by atoms with Gasteiger partial charge in [0, 0.05) is 25.2 Å².